The number of hydrogen-bond donors (Lipinski definition) is 1. The Morgan fingerprint density at radius 2 is 2.29 bits per heavy atom. The second-order valence-corrected chi connectivity index (χ2v) is 4.78. The average Bonchev–Trinajstić information content (AvgIpc) is 2.89. The normalized spacial score (nSPS) is 27.2. The molecule has 2 saturated heterocycles. The minimum absolute atomic E-state index is 0.0410. The van der Waals surface area contributed by atoms with Crippen LogP contribution in [0.4, 0.5) is 4.39 Å². The van der Waals surface area contributed by atoms with Crippen LogP contribution >= 0.6 is 0 Å². The molecule has 0 spiro atoms. The van der Waals surface area contributed by atoms with E-state index in [-0.39, 0.29) is 11.7 Å². The third kappa shape index (κ3) is 1.82. The highest BCUT2D eigenvalue weighted by atomic mass is 19.1. The van der Waals surface area contributed by atoms with Gasteiger partial charge >= 0.3 is 0 Å². The van der Waals surface area contributed by atoms with Crippen molar-refractivity contribution >= 4 is 5.91 Å². The Morgan fingerprint density at radius 1 is 1.41 bits per heavy atom. The van der Waals surface area contributed by atoms with Crippen molar-refractivity contribution in [3.63, 3.8) is 0 Å². The molecule has 1 aromatic carbocycles. The van der Waals surface area contributed by atoms with Crippen molar-refractivity contribution in [1.82, 2.24) is 10.2 Å². The van der Waals surface area contributed by atoms with Gasteiger partial charge in [-0.3, -0.25) is 4.79 Å². The van der Waals surface area contributed by atoms with Gasteiger partial charge in [-0.2, -0.15) is 0 Å². The van der Waals surface area contributed by atoms with Gasteiger partial charge in [0.15, 0.2) is 0 Å². The van der Waals surface area contributed by atoms with Gasteiger partial charge in [-0.05, 0) is 30.5 Å². The highest BCUT2D eigenvalue weighted by Gasteiger charge is 2.40. The summed E-state index contributed by atoms with van der Waals surface area (Å²) in [5.41, 5.74) is 0.456. The van der Waals surface area contributed by atoms with Crippen LogP contribution in [0.2, 0.25) is 0 Å². The smallest absolute Gasteiger partial charge is 0.254 e. The van der Waals surface area contributed by atoms with Crippen molar-refractivity contribution in [2.24, 2.45) is 5.92 Å². The van der Waals surface area contributed by atoms with Gasteiger partial charge in [0.05, 0.1) is 0 Å². The Bertz CT molecular complexity index is 449. The SMILES string of the molecule is O=C(c1cccc(F)c1)N1CC[C@H]2CNC[C@H]21. The van der Waals surface area contributed by atoms with Crippen LogP contribution in [0.1, 0.15) is 16.8 Å². The van der Waals surface area contributed by atoms with E-state index in [1.807, 2.05) is 4.90 Å². The molecule has 90 valence electrons. The molecule has 0 bridgehead atoms. The third-order valence-electron chi connectivity index (χ3n) is 3.78. The number of rotatable bonds is 1. The van der Waals surface area contributed by atoms with Gasteiger partial charge < -0.3 is 10.2 Å². The van der Waals surface area contributed by atoms with E-state index in [1.165, 1.54) is 12.1 Å². The minimum Gasteiger partial charge on any atom is -0.334 e. The lowest BCUT2D eigenvalue weighted by molar-refractivity contribution is 0.0736. The van der Waals surface area contributed by atoms with Gasteiger partial charge in [0, 0.05) is 31.2 Å². The quantitative estimate of drug-likeness (QED) is 0.793. The Kier molecular flexibility index (Phi) is 2.59. The van der Waals surface area contributed by atoms with Crippen molar-refractivity contribution in [3.8, 4) is 0 Å². The number of nitrogens with one attached hydrogen (secondary N) is 1. The first-order valence-electron chi connectivity index (χ1n) is 6.03. The molecule has 0 radical (unpaired) electrons. The van der Waals surface area contributed by atoms with Crippen LogP contribution in [0, 0.1) is 11.7 Å². The zero-order valence-corrected chi connectivity index (χ0v) is 9.53. The summed E-state index contributed by atoms with van der Waals surface area (Å²) in [4.78, 5) is 14.2. The summed E-state index contributed by atoms with van der Waals surface area (Å²) >= 11 is 0. The fourth-order valence-corrected chi connectivity index (χ4v) is 2.89. The Labute approximate surface area is 99.6 Å². The lowest BCUT2D eigenvalue weighted by Crippen LogP contribution is -2.39. The zero-order chi connectivity index (χ0) is 11.8. The number of amides is 1. The maximum atomic E-state index is 13.1. The van der Waals surface area contributed by atoms with Gasteiger partial charge in [0.25, 0.3) is 5.91 Å². The average molecular weight is 234 g/mol. The number of hydrogen-bond acceptors (Lipinski definition) is 2. The second kappa shape index (κ2) is 4.11. The van der Waals surface area contributed by atoms with Crippen molar-refractivity contribution in [1.29, 1.82) is 0 Å². The molecule has 3 rings (SSSR count). The van der Waals surface area contributed by atoms with Crippen LogP contribution in [0.3, 0.4) is 0 Å². The Hall–Kier alpha value is -1.42. The second-order valence-electron chi connectivity index (χ2n) is 4.78. The van der Waals surface area contributed by atoms with Gasteiger partial charge in [0.1, 0.15) is 5.82 Å². The molecule has 0 aromatic heterocycles. The van der Waals surface area contributed by atoms with E-state index < -0.39 is 0 Å². The first kappa shape index (κ1) is 10.7. The van der Waals surface area contributed by atoms with Crippen molar-refractivity contribution in [3.05, 3.63) is 35.6 Å². The molecule has 2 aliphatic rings. The molecule has 17 heavy (non-hydrogen) atoms. The van der Waals surface area contributed by atoms with Crippen molar-refractivity contribution in [2.45, 2.75) is 12.5 Å². The summed E-state index contributed by atoms with van der Waals surface area (Å²) in [6.45, 7) is 2.66. The van der Waals surface area contributed by atoms with Gasteiger partial charge in [0.2, 0.25) is 0 Å². The van der Waals surface area contributed by atoms with E-state index in [2.05, 4.69) is 5.32 Å². The molecule has 2 fully saturated rings. The summed E-state index contributed by atoms with van der Waals surface area (Å²) in [5, 5.41) is 3.30. The fraction of sp³-hybridized carbons (Fsp3) is 0.462. The van der Waals surface area contributed by atoms with Crippen LogP contribution in [-0.2, 0) is 0 Å². The molecule has 0 unspecified atom stereocenters. The first-order valence-corrected chi connectivity index (χ1v) is 6.03. The van der Waals surface area contributed by atoms with Gasteiger partial charge in [-0.1, -0.05) is 6.07 Å². The molecular weight excluding hydrogens is 219 g/mol. The maximum Gasteiger partial charge on any atom is 0.254 e. The van der Waals surface area contributed by atoms with E-state index in [9.17, 15) is 9.18 Å². The monoisotopic (exact) mass is 234 g/mol. The first-order chi connectivity index (χ1) is 8.25. The van der Waals surface area contributed by atoms with Crippen LogP contribution < -0.4 is 5.32 Å². The van der Waals surface area contributed by atoms with Crippen molar-refractivity contribution < 1.29 is 9.18 Å². The molecule has 2 atom stereocenters. The zero-order valence-electron chi connectivity index (χ0n) is 9.53. The number of nitrogens with zero attached hydrogens (tertiary/aromatic N) is 1. The molecule has 1 aromatic rings. The standard InChI is InChI=1S/C13H15FN2O/c14-11-3-1-2-9(6-11)13(17)16-5-4-10-7-15-8-12(10)16/h1-3,6,10,12,15H,4-5,7-8H2/t10-,12+/m0/s1. The van der Waals surface area contributed by atoms with Crippen LogP contribution in [0.25, 0.3) is 0 Å². The summed E-state index contributed by atoms with van der Waals surface area (Å²) in [6, 6.07) is 6.24. The lowest BCUT2D eigenvalue weighted by Gasteiger charge is -2.23. The molecule has 0 saturated carbocycles. The van der Waals surface area contributed by atoms with Gasteiger partial charge in [-0.15, -0.1) is 0 Å². The predicted octanol–water partition coefficient (Wildman–Crippen LogP) is 1.26. The predicted molar refractivity (Wildman–Crippen MR) is 62.2 cm³/mol. The van der Waals surface area contributed by atoms with E-state index in [0.717, 1.165) is 26.1 Å². The molecule has 2 aliphatic heterocycles. The van der Waals surface area contributed by atoms with Crippen LogP contribution in [-0.4, -0.2) is 36.5 Å². The lowest BCUT2D eigenvalue weighted by atomic mass is 10.0. The van der Waals surface area contributed by atoms with Crippen molar-refractivity contribution in [2.75, 3.05) is 19.6 Å². The molecule has 4 heteroatoms. The summed E-state index contributed by atoms with van der Waals surface area (Å²) in [6.07, 6.45) is 1.05. The topological polar surface area (TPSA) is 32.3 Å². The fourth-order valence-electron chi connectivity index (χ4n) is 2.89. The van der Waals surface area contributed by atoms with Crippen LogP contribution in [0.15, 0.2) is 24.3 Å². The molecular formula is C13H15FN2O. The summed E-state index contributed by atoms with van der Waals surface area (Å²) < 4.78 is 13.1. The van der Waals surface area contributed by atoms with E-state index >= 15 is 0 Å². The van der Waals surface area contributed by atoms with Gasteiger partial charge in [-0.25, -0.2) is 4.39 Å². The third-order valence-corrected chi connectivity index (χ3v) is 3.78. The Morgan fingerprint density at radius 3 is 3.12 bits per heavy atom. The Balaban J connectivity index is 1.83. The minimum atomic E-state index is -0.351. The highest BCUT2D eigenvalue weighted by Crippen LogP contribution is 2.28. The molecule has 0 aliphatic carbocycles. The number of carbonyl (C=O) groups excluding carboxylic acids is 1. The molecule has 2 heterocycles. The number of fused-ring (bicyclic) bond motifs is 1. The number of carbonyl (C=O) groups is 1. The number of halogens is 1. The summed E-state index contributed by atoms with van der Waals surface area (Å²) in [7, 11) is 0. The van der Waals surface area contributed by atoms with E-state index in [0.29, 0.717) is 17.5 Å². The molecule has 3 nitrogen and oxygen atoms in total. The van der Waals surface area contributed by atoms with Crippen LogP contribution in [0.5, 0.6) is 0 Å². The van der Waals surface area contributed by atoms with E-state index in [4.69, 9.17) is 0 Å². The molecule has 1 N–H and O–H groups in total. The number of benzene rings is 1. The van der Waals surface area contributed by atoms with E-state index in [1.54, 1.807) is 12.1 Å². The number of likely N-dealkylation sites (tertiary alicyclic amines) is 1. The maximum absolute atomic E-state index is 13.1. The molecule has 1 amide bonds. The highest BCUT2D eigenvalue weighted by molar-refractivity contribution is 5.94. The summed E-state index contributed by atoms with van der Waals surface area (Å²) in [5.74, 6) is 0.185. The largest absolute Gasteiger partial charge is 0.334 e.